The van der Waals surface area contributed by atoms with E-state index in [4.69, 9.17) is 4.74 Å². The number of piperidine rings is 1. The maximum Gasteiger partial charge on any atom is 0.248 e. The number of carbonyl (C=O) groups excluding carboxylic acids is 2. The van der Waals surface area contributed by atoms with E-state index in [0.717, 1.165) is 19.5 Å². The van der Waals surface area contributed by atoms with Crippen molar-refractivity contribution < 1.29 is 19.4 Å². The molecule has 0 aromatic carbocycles. The summed E-state index contributed by atoms with van der Waals surface area (Å²) in [6, 6.07) is 0. The van der Waals surface area contributed by atoms with Gasteiger partial charge in [0.05, 0.1) is 12.6 Å². The van der Waals surface area contributed by atoms with Crippen LogP contribution in [0.15, 0.2) is 0 Å². The van der Waals surface area contributed by atoms with Gasteiger partial charge in [-0.05, 0) is 18.3 Å². The molecule has 0 saturated carbocycles. The van der Waals surface area contributed by atoms with E-state index in [-0.39, 0.29) is 12.5 Å². The number of carboxylic acid groups (broad SMARTS) is 1. The summed E-state index contributed by atoms with van der Waals surface area (Å²) in [7, 11) is 0. The summed E-state index contributed by atoms with van der Waals surface area (Å²) in [5.74, 6) is -0.449. The average Bonchev–Trinajstić information content (AvgIpc) is 2.15. The fourth-order valence-corrected chi connectivity index (χ4v) is 2.18. The zero-order valence-electron chi connectivity index (χ0n) is 9.77. The zero-order valence-corrected chi connectivity index (χ0v) is 9.77. The minimum atomic E-state index is -1.30. The summed E-state index contributed by atoms with van der Waals surface area (Å²) >= 11 is 0. The first-order valence-corrected chi connectivity index (χ1v) is 5.54. The molecule has 1 rings (SSSR count). The molecule has 5 heteroatoms. The number of carbonyl (C=O) groups is 2. The molecule has 92 valence electrons. The Morgan fingerprint density at radius 1 is 1.25 bits per heavy atom. The molecule has 16 heavy (non-hydrogen) atoms. The molecule has 0 aromatic rings. The van der Waals surface area contributed by atoms with E-state index in [2.05, 4.69) is 13.8 Å². The molecule has 5 nitrogen and oxygen atoms in total. The van der Waals surface area contributed by atoms with Gasteiger partial charge in [-0.1, -0.05) is 13.8 Å². The Bertz CT molecular complexity index is 257. The quantitative estimate of drug-likeness (QED) is 0.635. The summed E-state index contributed by atoms with van der Waals surface area (Å²) < 4.78 is 4.73. The highest BCUT2D eigenvalue weighted by Gasteiger charge is 2.25. The van der Waals surface area contributed by atoms with Crippen molar-refractivity contribution in [1.29, 1.82) is 0 Å². The van der Waals surface area contributed by atoms with E-state index in [9.17, 15) is 14.7 Å². The van der Waals surface area contributed by atoms with Gasteiger partial charge in [-0.25, -0.2) is 0 Å². The van der Waals surface area contributed by atoms with Gasteiger partial charge in [0, 0.05) is 13.1 Å². The number of carboxylic acids is 1. The van der Waals surface area contributed by atoms with Gasteiger partial charge in [-0.2, -0.15) is 0 Å². The highest BCUT2D eigenvalue weighted by atomic mass is 16.5. The number of hydrogen-bond donors (Lipinski definition) is 0. The third kappa shape index (κ3) is 4.18. The van der Waals surface area contributed by atoms with Gasteiger partial charge in [-0.15, -0.1) is 0 Å². The van der Waals surface area contributed by atoms with Crippen molar-refractivity contribution in [3.63, 3.8) is 0 Å². The zero-order chi connectivity index (χ0) is 12.1. The van der Waals surface area contributed by atoms with Crippen molar-refractivity contribution in [2.45, 2.75) is 20.3 Å². The number of nitrogens with zero attached hydrogens (tertiary/aromatic N) is 1. The summed E-state index contributed by atoms with van der Waals surface area (Å²) in [5, 5.41) is 10.1. The standard InChI is InChI=1S/C11H19NO4/c1-8-3-9(2)5-12(4-8)10(13)6-16-7-11(14)15/h8-9H,3-7H2,1-2H3,(H,14,15)/p-1/t8-,9-/m1/s1. The van der Waals surface area contributed by atoms with Crippen LogP contribution in [0, 0.1) is 11.8 Å². The second kappa shape index (κ2) is 5.84. The second-order valence-electron chi connectivity index (χ2n) is 4.61. The van der Waals surface area contributed by atoms with Gasteiger partial charge >= 0.3 is 0 Å². The minimum Gasteiger partial charge on any atom is -0.548 e. The number of ether oxygens (including phenoxy) is 1. The molecule has 0 bridgehead atoms. The van der Waals surface area contributed by atoms with Crippen LogP contribution >= 0.6 is 0 Å². The van der Waals surface area contributed by atoms with Crippen LogP contribution in [0.2, 0.25) is 0 Å². The SMILES string of the molecule is C[C@@H]1C[C@@H](C)CN(C(=O)COCC(=O)[O-])C1. The number of likely N-dealkylation sites (tertiary alicyclic amines) is 1. The van der Waals surface area contributed by atoms with Gasteiger partial charge in [0.1, 0.15) is 6.61 Å². The van der Waals surface area contributed by atoms with Crippen molar-refractivity contribution in [2.24, 2.45) is 11.8 Å². The number of rotatable bonds is 4. The van der Waals surface area contributed by atoms with Crippen LogP contribution < -0.4 is 5.11 Å². The van der Waals surface area contributed by atoms with Crippen LogP contribution in [-0.4, -0.2) is 43.1 Å². The Kier molecular flexibility index (Phi) is 4.73. The van der Waals surface area contributed by atoms with Crippen LogP contribution in [0.5, 0.6) is 0 Å². The molecule has 1 amide bonds. The molecule has 1 aliphatic rings. The first-order chi connectivity index (χ1) is 7.49. The molecule has 1 fully saturated rings. The highest BCUT2D eigenvalue weighted by molar-refractivity contribution is 5.78. The molecule has 0 aromatic heterocycles. The monoisotopic (exact) mass is 228 g/mol. The van der Waals surface area contributed by atoms with Crippen LogP contribution in [0.25, 0.3) is 0 Å². The molecular formula is C11H18NO4-. The van der Waals surface area contributed by atoms with Crippen LogP contribution in [0.1, 0.15) is 20.3 Å². The summed E-state index contributed by atoms with van der Waals surface area (Å²) in [6.45, 7) is 4.99. The molecule has 0 radical (unpaired) electrons. The van der Waals surface area contributed by atoms with Crippen molar-refractivity contribution in [3.05, 3.63) is 0 Å². The van der Waals surface area contributed by atoms with Crippen LogP contribution in [0.3, 0.4) is 0 Å². The first kappa shape index (κ1) is 13.0. The van der Waals surface area contributed by atoms with E-state index in [1.165, 1.54) is 0 Å². The Hall–Kier alpha value is -1.10. The van der Waals surface area contributed by atoms with Gasteiger partial charge < -0.3 is 19.5 Å². The highest BCUT2D eigenvalue weighted by Crippen LogP contribution is 2.20. The van der Waals surface area contributed by atoms with Crippen molar-refractivity contribution in [3.8, 4) is 0 Å². The molecular weight excluding hydrogens is 210 g/mol. The molecule has 2 atom stereocenters. The molecule has 1 aliphatic heterocycles. The van der Waals surface area contributed by atoms with E-state index in [0.29, 0.717) is 11.8 Å². The molecule has 0 N–H and O–H groups in total. The smallest absolute Gasteiger partial charge is 0.248 e. The lowest BCUT2D eigenvalue weighted by Gasteiger charge is -2.34. The fraction of sp³-hybridized carbons (Fsp3) is 0.818. The second-order valence-corrected chi connectivity index (χ2v) is 4.61. The maximum absolute atomic E-state index is 11.7. The Balaban J connectivity index is 2.32. The maximum atomic E-state index is 11.7. The Labute approximate surface area is 95.4 Å². The Morgan fingerprint density at radius 3 is 2.31 bits per heavy atom. The van der Waals surface area contributed by atoms with Crippen molar-refractivity contribution in [2.75, 3.05) is 26.3 Å². The number of amides is 1. The summed E-state index contributed by atoms with van der Waals surface area (Å²) in [5.41, 5.74) is 0. The molecule has 0 unspecified atom stereocenters. The molecule has 1 saturated heterocycles. The van der Waals surface area contributed by atoms with Gasteiger partial charge in [0.25, 0.3) is 0 Å². The average molecular weight is 228 g/mol. The van der Waals surface area contributed by atoms with Gasteiger partial charge in [0.2, 0.25) is 5.91 Å². The van der Waals surface area contributed by atoms with E-state index < -0.39 is 12.6 Å². The lowest BCUT2D eigenvalue weighted by molar-refractivity contribution is -0.309. The minimum absolute atomic E-state index is 0.139. The number of hydrogen-bond acceptors (Lipinski definition) is 4. The summed E-state index contributed by atoms with van der Waals surface area (Å²) in [4.78, 5) is 23.5. The topological polar surface area (TPSA) is 69.7 Å². The molecule has 1 heterocycles. The van der Waals surface area contributed by atoms with E-state index in [1.54, 1.807) is 4.90 Å². The summed E-state index contributed by atoms with van der Waals surface area (Å²) in [6.07, 6.45) is 1.13. The van der Waals surface area contributed by atoms with E-state index >= 15 is 0 Å². The first-order valence-electron chi connectivity index (χ1n) is 5.54. The van der Waals surface area contributed by atoms with Crippen LogP contribution in [0.4, 0.5) is 0 Å². The van der Waals surface area contributed by atoms with Crippen molar-refractivity contribution >= 4 is 11.9 Å². The largest absolute Gasteiger partial charge is 0.548 e. The van der Waals surface area contributed by atoms with Crippen LogP contribution in [-0.2, 0) is 14.3 Å². The Morgan fingerprint density at radius 2 is 1.81 bits per heavy atom. The predicted octanol–water partition coefficient (Wildman–Crippen LogP) is -0.743. The third-order valence-electron chi connectivity index (χ3n) is 2.67. The van der Waals surface area contributed by atoms with E-state index in [1.807, 2.05) is 0 Å². The van der Waals surface area contributed by atoms with Gasteiger partial charge in [-0.3, -0.25) is 4.79 Å². The third-order valence-corrected chi connectivity index (χ3v) is 2.67. The fourth-order valence-electron chi connectivity index (χ4n) is 2.18. The normalized spacial score (nSPS) is 25.5. The predicted molar refractivity (Wildman–Crippen MR) is 55.4 cm³/mol. The molecule has 0 spiro atoms. The van der Waals surface area contributed by atoms with Crippen molar-refractivity contribution in [1.82, 2.24) is 4.90 Å². The lowest BCUT2D eigenvalue weighted by atomic mass is 9.92. The van der Waals surface area contributed by atoms with Gasteiger partial charge in [0.15, 0.2) is 0 Å². The lowest BCUT2D eigenvalue weighted by Crippen LogP contribution is -2.44. The molecule has 0 aliphatic carbocycles. The number of aliphatic carboxylic acids is 1.